The molecule has 18 nitrogen and oxygen atoms in total. The molecule has 18 heteroatoms. The van der Waals surface area contributed by atoms with E-state index in [-0.39, 0.29) is 194 Å². The quantitative estimate of drug-likeness (QED) is 0.0493. The van der Waals surface area contributed by atoms with Crippen LogP contribution in [0.5, 0.6) is 0 Å². The predicted molar refractivity (Wildman–Crippen MR) is 311 cm³/mol. The fourth-order valence-electron chi connectivity index (χ4n) is 2.86. The third kappa shape index (κ3) is 168. The van der Waals surface area contributed by atoms with E-state index < -0.39 is 0 Å². The number of ether oxygens (including phenoxy) is 3. The molecule has 0 aliphatic carbocycles. The third-order valence-corrected chi connectivity index (χ3v) is 6.67. The van der Waals surface area contributed by atoms with Gasteiger partial charge in [0.25, 0.3) is 0 Å². The first-order valence-electron chi connectivity index (χ1n) is 21.2. The second kappa shape index (κ2) is 91.3. The van der Waals surface area contributed by atoms with Crippen molar-refractivity contribution in [1.29, 1.82) is 0 Å². The SMILES string of the molecule is C.C.C.C.C.C.C.C.C.C.CC(=O)CCC(C)=O.CCC(=O)C(C)=O.CCC(=O)CC(C)=O.CCC(=O)CCC(C)=O.CCC(=O)CCC(C)=O.CCC(=O)OCC(C)=O.COC(=O)CCC(C)=O.COCC(C)=O. The van der Waals surface area contributed by atoms with Crippen molar-refractivity contribution in [3.8, 4) is 0 Å². The van der Waals surface area contributed by atoms with Crippen LogP contribution < -0.4 is 0 Å². The summed E-state index contributed by atoms with van der Waals surface area (Å²) in [5.41, 5.74) is 0. The van der Waals surface area contributed by atoms with Crippen LogP contribution in [0.3, 0.4) is 0 Å². The molecule has 0 bridgehead atoms. The second-order valence-corrected chi connectivity index (χ2v) is 13.8. The highest BCUT2D eigenvalue weighted by Crippen LogP contribution is 1.96. The van der Waals surface area contributed by atoms with Gasteiger partial charge >= 0.3 is 11.9 Å². The first-order chi connectivity index (χ1) is 29.9. The minimum atomic E-state index is -0.345. The van der Waals surface area contributed by atoms with Crippen LogP contribution in [0.1, 0.15) is 261 Å². The zero-order valence-electron chi connectivity index (χ0n) is 42.2. The van der Waals surface area contributed by atoms with Crippen molar-refractivity contribution in [2.45, 2.75) is 261 Å². The summed E-state index contributed by atoms with van der Waals surface area (Å²) in [5, 5.41) is 0. The largest absolute Gasteiger partial charge is 0.469 e. The summed E-state index contributed by atoms with van der Waals surface area (Å²) in [6.07, 6.45) is 5.28. The smallest absolute Gasteiger partial charge is 0.305 e. The van der Waals surface area contributed by atoms with Crippen molar-refractivity contribution >= 4 is 87.1 Å². The number of carbonyl (C=O) groups is 15. The van der Waals surface area contributed by atoms with Crippen LogP contribution in [0.25, 0.3) is 0 Å². The number of methoxy groups -OCH3 is 2. The Hall–Kier alpha value is -5.39. The zero-order valence-corrected chi connectivity index (χ0v) is 42.2. The molecule has 0 aromatic rings. The normalized spacial score (nSPS) is 7.57. The van der Waals surface area contributed by atoms with E-state index in [0.717, 1.165) is 0 Å². The Morgan fingerprint density at radius 2 is 0.573 bits per heavy atom. The van der Waals surface area contributed by atoms with Crippen LogP contribution in [-0.4, -0.2) is 115 Å². The van der Waals surface area contributed by atoms with E-state index in [1.165, 1.54) is 76.5 Å². The molecule has 0 aromatic carbocycles. The number of ketones is 13. The van der Waals surface area contributed by atoms with Crippen LogP contribution in [0, 0.1) is 0 Å². The van der Waals surface area contributed by atoms with Gasteiger partial charge in [-0.2, -0.15) is 0 Å². The number of hydrogen-bond acceptors (Lipinski definition) is 18. The van der Waals surface area contributed by atoms with E-state index in [1.54, 1.807) is 20.8 Å². The molecule has 0 N–H and O–H groups in total. The fraction of sp³-hybridized carbons (Fsp3) is 0.737. The lowest BCUT2D eigenvalue weighted by Crippen LogP contribution is -2.09. The Balaban J connectivity index is -0.0000000304. The summed E-state index contributed by atoms with van der Waals surface area (Å²) in [7, 11) is 2.81. The summed E-state index contributed by atoms with van der Waals surface area (Å²) >= 11 is 0. The van der Waals surface area contributed by atoms with E-state index in [4.69, 9.17) is 0 Å². The standard InChI is InChI=1S/2C7H12O2.2C6H10O3.2C6H10O2.C5H8O2.C4H8O2.10CH4/c2*1-3-7(9)5-4-6(2)8;1-5(7)3-4-6(8)9-2;1-3-6(8)9-4-5(2)7;1-5(7)3-4-6(2)8;1-3-6(8)4-5(2)7;1-3-5(7)4(2)6;1-4(5)3-6-2;;;;;;;;;;/h2*3-5H2,1-2H3;2*3-4H2,1-2H3;2*3-4H2,1-2H3;3H2,1-2H3;3H2,1-2H3;10*1H4. The van der Waals surface area contributed by atoms with Gasteiger partial charge in [0.15, 0.2) is 23.1 Å². The molecule has 0 fully saturated rings. The van der Waals surface area contributed by atoms with Crippen LogP contribution in [-0.2, 0) is 86.1 Å². The third-order valence-electron chi connectivity index (χ3n) is 6.67. The molecule has 0 saturated heterocycles. The average Bonchev–Trinajstić information content (AvgIpc) is 3.22. The number of carbonyl (C=O) groups excluding carboxylic acids is 15. The van der Waals surface area contributed by atoms with Crippen molar-refractivity contribution in [2.24, 2.45) is 0 Å². The van der Waals surface area contributed by atoms with Gasteiger partial charge in [0.05, 0.1) is 20.0 Å². The van der Waals surface area contributed by atoms with Gasteiger partial charge in [-0.05, 0) is 55.4 Å². The number of Topliss-reactive ketones (excluding diaryl/α,β-unsaturated/α-hetero) is 13. The molecule has 456 valence electrons. The molecule has 0 heterocycles. The predicted octanol–water partition coefficient (Wildman–Crippen LogP) is 12.8. The van der Waals surface area contributed by atoms with Gasteiger partial charge in [-0.15, -0.1) is 0 Å². The molecule has 0 aliphatic heterocycles. The Morgan fingerprint density at radius 3 is 0.720 bits per heavy atom. The summed E-state index contributed by atoms with van der Waals surface area (Å²) < 4.78 is 13.2. The van der Waals surface area contributed by atoms with E-state index in [9.17, 15) is 71.9 Å². The van der Waals surface area contributed by atoms with E-state index in [2.05, 4.69) is 14.2 Å². The highest BCUT2D eigenvalue weighted by molar-refractivity contribution is 6.36. The maximum absolute atomic E-state index is 10.6. The van der Waals surface area contributed by atoms with E-state index in [0.29, 0.717) is 70.6 Å². The molecule has 75 heavy (non-hydrogen) atoms. The highest BCUT2D eigenvalue weighted by Gasteiger charge is 2.03. The Bertz CT molecular complexity index is 1340. The lowest BCUT2D eigenvalue weighted by Gasteiger charge is -1.96. The van der Waals surface area contributed by atoms with Crippen molar-refractivity contribution in [3.63, 3.8) is 0 Å². The molecule has 0 aromatic heterocycles. The zero-order chi connectivity index (χ0) is 53.1. The summed E-state index contributed by atoms with van der Waals surface area (Å²) in [6.45, 7) is 21.9. The van der Waals surface area contributed by atoms with Crippen molar-refractivity contribution in [1.82, 2.24) is 0 Å². The molecular weight excluding hydrogens is 973 g/mol. The number of esters is 2. The Kier molecular flexibility index (Phi) is 150. The van der Waals surface area contributed by atoms with Gasteiger partial charge in [0.1, 0.15) is 65.3 Å². The van der Waals surface area contributed by atoms with Gasteiger partial charge in [-0.3, -0.25) is 47.9 Å². The molecule has 0 radical (unpaired) electrons. The highest BCUT2D eigenvalue weighted by atomic mass is 16.5. The monoisotopic (exact) mass is 1090 g/mol. The van der Waals surface area contributed by atoms with Gasteiger partial charge in [0.2, 0.25) is 0 Å². The lowest BCUT2D eigenvalue weighted by molar-refractivity contribution is -0.147. The topological polar surface area (TPSA) is 284 Å². The number of hydrogen-bond donors (Lipinski definition) is 0. The molecule has 0 spiro atoms. The van der Waals surface area contributed by atoms with Gasteiger partial charge in [0, 0.05) is 91.1 Å². The maximum atomic E-state index is 10.6. The maximum Gasteiger partial charge on any atom is 0.305 e. The van der Waals surface area contributed by atoms with Crippen molar-refractivity contribution in [3.05, 3.63) is 0 Å². The van der Waals surface area contributed by atoms with Crippen LogP contribution in [0.4, 0.5) is 0 Å². The van der Waals surface area contributed by atoms with Crippen LogP contribution in [0.2, 0.25) is 0 Å². The number of rotatable bonds is 24. The molecule has 0 rings (SSSR count). The Labute approximate surface area is 460 Å². The molecule has 0 aliphatic rings. The van der Waals surface area contributed by atoms with Crippen LogP contribution >= 0.6 is 0 Å². The molecule has 0 amide bonds. The minimum Gasteiger partial charge on any atom is -0.469 e. The summed E-state index contributed by atoms with van der Waals surface area (Å²) in [6, 6.07) is 0. The van der Waals surface area contributed by atoms with E-state index in [1.807, 2.05) is 13.8 Å². The van der Waals surface area contributed by atoms with Gasteiger partial charge in [-0.25, -0.2) is 0 Å². The van der Waals surface area contributed by atoms with Gasteiger partial charge < -0.3 is 38.2 Å². The second-order valence-electron chi connectivity index (χ2n) is 13.8. The molecule has 0 unspecified atom stereocenters. The fourth-order valence-corrected chi connectivity index (χ4v) is 2.86. The average molecular weight is 1090 g/mol. The first-order valence-corrected chi connectivity index (χ1v) is 21.2. The molecule has 0 saturated carbocycles. The first kappa shape index (κ1) is 123. The summed E-state index contributed by atoms with van der Waals surface area (Å²) in [5.74, 6) is -0.661. The van der Waals surface area contributed by atoms with Crippen molar-refractivity contribution in [2.75, 3.05) is 27.4 Å². The summed E-state index contributed by atoms with van der Waals surface area (Å²) in [4.78, 5) is 154. The Morgan fingerprint density at radius 1 is 0.293 bits per heavy atom. The minimum absolute atomic E-state index is 0. The van der Waals surface area contributed by atoms with Gasteiger partial charge in [-0.1, -0.05) is 109 Å². The lowest BCUT2D eigenvalue weighted by atomic mass is 10.1. The molecule has 0 atom stereocenters. The van der Waals surface area contributed by atoms with Crippen LogP contribution in [0.15, 0.2) is 0 Å². The van der Waals surface area contributed by atoms with Crippen molar-refractivity contribution < 1.29 is 86.1 Å². The van der Waals surface area contributed by atoms with E-state index >= 15 is 0 Å². The molecular formula is C57H120O18.